The van der Waals surface area contributed by atoms with Crippen LogP contribution in [-0.4, -0.2) is 44.5 Å². The van der Waals surface area contributed by atoms with Gasteiger partial charge < -0.3 is 9.05 Å². The molecule has 0 heterocycles. The SMILES string of the molecule is CC(C)OP(=O)(CS(=O)(=O)N(C)C)OC(C)C. The van der Waals surface area contributed by atoms with E-state index < -0.39 is 23.1 Å². The van der Waals surface area contributed by atoms with Gasteiger partial charge in [0.1, 0.15) is 0 Å². The van der Waals surface area contributed by atoms with Crippen molar-refractivity contribution in [3.8, 4) is 0 Å². The fourth-order valence-electron chi connectivity index (χ4n) is 1.04. The van der Waals surface area contributed by atoms with E-state index >= 15 is 0 Å². The van der Waals surface area contributed by atoms with Gasteiger partial charge in [0.2, 0.25) is 10.0 Å². The van der Waals surface area contributed by atoms with E-state index in [2.05, 4.69) is 0 Å². The molecule has 6 nitrogen and oxygen atoms in total. The maximum absolute atomic E-state index is 12.3. The van der Waals surface area contributed by atoms with Crippen molar-refractivity contribution in [1.29, 1.82) is 0 Å². The Morgan fingerprint density at radius 1 is 1.06 bits per heavy atom. The van der Waals surface area contributed by atoms with E-state index in [9.17, 15) is 13.0 Å². The lowest BCUT2D eigenvalue weighted by molar-refractivity contribution is 0.145. The van der Waals surface area contributed by atoms with Gasteiger partial charge in [0.05, 0.1) is 12.2 Å². The highest BCUT2D eigenvalue weighted by Crippen LogP contribution is 2.51. The average Bonchev–Trinajstić information content (AvgIpc) is 1.96. The molecule has 0 bridgehead atoms. The summed E-state index contributed by atoms with van der Waals surface area (Å²) in [4.78, 5) is 0. The van der Waals surface area contributed by atoms with E-state index in [1.807, 2.05) is 0 Å². The minimum atomic E-state index is -3.64. The Morgan fingerprint density at radius 2 is 1.41 bits per heavy atom. The van der Waals surface area contributed by atoms with Crippen LogP contribution >= 0.6 is 7.60 Å². The van der Waals surface area contributed by atoms with Crippen molar-refractivity contribution in [2.45, 2.75) is 39.9 Å². The van der Waals surface area contributed by atoms with Crippen LogP contribution in [0.15, 0.2) is 0 Å². The lowest BCUT2D eigenvalue weighted by Gasteiger charge is -2.23. The highest BCUT2D eigenvalue weighted by Gasteiger charge is 2.35. The van der Waals surface area contributed by atoms with Gasteiger partial charge in [-0.3, -0.25) is 4.57 Å². The molecule has 0 aliphatic carbocycles. The van der Waals surface area contributed by atoms with E-state index in [4.69, 9.17) is 9.05 Å². The molecule has 8 heteroatoms. The van der Waals surface area contributed by atoms with Crippen LogP contribution in [0.25, 0.3) is 0 Å². The van der Waals surface area contributed by atoms with Crippen LogP contribution in [0.1, 0.15) is 27.7 Å². The van der Waals surface area contributed by atoms with Gasteiger partial charge in [0, 0.05) is 14.1 Å². The van der Waals surface area contributed by atoms with Gasteiger partial charge in [-0.15, -0.1) is 0 Å². The van der Waals surface area contributed by atoms with Crippen molar-refractivity contribution in [3.63, 3.8) is 0 Å². The molecule has 0 spiro atoms. The molecule has 17 heavy (non-hydrogen) atoms. The number of rotatable bonds is 7. The topological polar surface area (TPSA) is 72.9 Å². The van der Waals surface area contributed by atoms with Gasteiger partial charge in [0.25, 0.3) is 0 Å². The van der Waals surface area contributed by atoms with Crippen LogP contribution in [0.5, 0.6) is 0 Å². The molecule has 0 aliphatic heterocycles. The second-order valence-corrected chi connectivity index (χ2v) is 9.01. The predicted octanol–water partition coefficient (Wildman–Crippen LogP) is 1.88. The fourth-order valence-corrected chi connectivity index (χ4v) is 5.39. The van der Waals surface area contributed by atoms with Crippen molar-refractivity contribution in [2.75, 3.05) is 19.6 Å². The molecule has 0 fully saturated rings. The molecular weight excluding hydrogens is 265 g/mol. The fraction of sp³-hybridized carbons (Fsp3) is 1.00. The van der Waals surface area contributed by atoms with Crippen molar-refractivity contribution in [3.05, 3.63) is 0 Å². The molecule has 0 aromatic carbocycles. The zero-order chi connectivity index (χ0) is 13.9. The molecule has 104 valence electrons. The van der Waals surface area contributed by atoms with E-state index in [1.54, 1.807) is 27.7 Å². The zero-order valence-electron chi connectivity index (χ0n) is 11.2. The number of nitrogens with zero attached hydrogens (tertiary/aromatic N) is 1. The molecule has 0 atom stereocenters. The summed E-state index contributed by atoms with van der Waals surface area (Å²) in [5.74, 6) is 0. The number of hydrogen-bond acceptors (Lipinski definition) is 5. The van der Waals surface area contributed by atoms with E-state index in [-0.39, 0.29) is 12.2 Å². The second-order valence-electron chi connectivity index (χ2n) is 4.44. The van der Waals surface area contributed by atoms with Crippen LogP contribution in [0, 0.1) is 0 Å². The van der Waals surface area contributed by atoms with Crippen LogP contribution in [0.4, 0.5) is 0 Å². The van der Waals surface area contributed by atoms with Crippen molar-refractivity contribution < 1.29 is 22.0 Å². The first-order chi connectivity index (χ1) is 7.48. The van der Waals surface area contributed by atoms with Crippen LogP contribution < -0.4 is 0 Å². The van der Waals surface area contributed by atoms with Gasteiger partial charge >= 0.3 is 7.60 Å². The lowest BCUT2D eigenvalue weighted by atomic mass is 10.5. The quantitative estimate of drug-likeness (QED) is 0.668. The minimum absolute atomic E-state index is 0.364. The van der Waals surface area contributed by atoms with E-state index in [0.29, 0.717) is 0 Å². The number of sulfonamides is 1. The zero-order valence-corrected chi connectivity index (χ0v) is 12.9. The number of hydrogen-bond donors (Lipinski definition) is 0. The van der Waals surface area contributed by atoms with Gasteiger partial charge in [-0.05, 0) is 27.7 Å². The first-order valence-electron chi connectivity index (χ1n) is 5.34. The highest BCUT2D eigenvalue weighted by atomic mass is 32.2. The maximum atomic E-state index is 12.3. The smallest absolute Gasteiger partial charge is 0.305 e. The molecular formula is C9H22NO5PS. The average molecular weight is 287 g/mol. The summed E-state index contributed by atoms with van der Waals surface area (Å²) in [5, 5.41) is 0. The Bertz CT molecular complexity index is 363. The van der Waals surface area contributed by atoms with Crippen LogP contribution in [0.3, 0.4) is 0 Å². The van der Waals surface area contributed by atoms with Crippen molar-refractivity contribution in [2.24, 2.45) is 0 Å². The van der Waals surface area contributed by atoms with E-state index in [0.717, 1.165) is 4.31 Å². The first kappa shape index (κ1) is 17.1. The molecule has 0 radical (unpaired) electrons. The monoisotopic (exact) mass is 287 g/mol. The Labute approximate surface area is 104 Å². The molecule has 0 saturated heterocycles. The maximum Gasteiger partial charge on any atom is 0.347 e. The summed E-state index contributed by atoms with van der Waals surface area (Å²) in [6, 6.07) is 0. The standard InChI is InChI=1S/C9H22NO5PS/c1-8(2)14-16(11,15-9(3)4)7-17(12,13)10(5)6/h8-9H,7H2,1-6H3. The third-order valence-electron chi connectivity index (χ3n) is 1.62. The molecule has 0 N–H and O–H groups in total. The molecule has 0 unspecified atom stereocenters. The third-order valence-corrected chi connectivity index (χ3v) is 6.79. The minimum Gasteiger partial charge on any atom is -0.305 e. The molecule has 0 saturated carbocycles. The summed E-state index contributed by atoms with van der Waals surface area (Å²) < 4.78 is 47.0. The van der Waals surface area contributed by atoms with Gasteiger partial charge in [-0.2, -0.15) is 0 Å². The Kier molecular flexibility index (Phi) is 6.31. The van der Waals surface area contributed by atoms with Gasteiger partial charge in [-0.25, -0.2) is 12.7 Å². The second kappa shape index (κ2) is 6.29. The summed E-state index contributed by atoms with van der Waals surface area (Å²) in [7, 11) is -4.50. The van der Waals surface area contributed by atoms with Gasteiger partial charge in [-0.1, -0.05) is 0 Å². The largest absolute Gasteiger partial charge is 0.347 e. The van der Waals surface area contributed by atoms with Crippen LogP contribution in [0.2, 0.25) is 0 Å². The normalized spacial score (nSPS) is 13.9. The van der Waals surface area contributed by atoms with Crippen LogP contribution in [-0.2, 0) is 23.6 Å². The Morgan fingerprint density at radius 3 is 1.65 bits per heavy atom. The third kappa shape index (κ3) is 6.52. The molecule has 0 rings (SSSR count). The summed E-state index contributed by atoms with van der Waals surface area (Å²) in [5.41, 5.74) is -0.636. The molecule has 0 aromatic heterocycles. The van der Waals surface area contributed by atoms with Crippen molar-refractivity contribution in [1.82, 2.24) is 4.31 Å². The van der Waals surface area contributed by atoms with E-state index in [1.165, 1.54) is 14.1 Å². The summed E-state index contributed by atoms with van der Waals surface area (Å²) >= 11 is 0. The highest BCUT2D eigenvalue weighted by molar-refractivity contribution is 7.95. The first-order valence-corrected chi connectivity index (χ1v) is 8.68. The summed E-state index contributed by atoms with van der Waals surface area (Å²) in [6.07, 6.45) is -0.728. The Balaban J connectivity index is 5.02. The molecule has 0 amide bonds. The molecule has 0 aliphatic rings. The molecule has 0 aromatic rings. The van der Waals surface area contributed by atoms with Crippen molar-refractivity contribution >= 4 is 17.6 Å². The lowest BCUT2D eigenvalue weighted by Crippen LogP contribution is -2.27. The Hall–Kier alpha value is 0.0600. The predicted molar refractivity (Wildman–Crippen MR) is 67.5 cm³/mol. The van der Waals surface area contributed by atoms with Gasteiger partial charge in [0.15, 0.2) is 5.49 Å². The summed E-state index contributed by atoms with van der Waals surface area (Å²) in [6.45, 7) is 6.72.